The Morgan fingerprint density at radius 2 is 1.28 bits per heavy atom. The number of benzene rings is 2. The average molecular weight is 235 g/mol. The van der Waals surface area contributed by atoms with Gasteiger partial charge in [-0.1, -0.05) is 36.4 Å². The Labute approximate surface area is 105 Å². The molecule has 0 radical (unpaired) electrons. The summed E-state index contributed by atoms with van der Waals surface area (Å²) in [7, 11) is 0. The molecule has 0 N–H and O–H groups in total. The van der Waals surface area contributed by atoms with Crippen molar-refractivity contribution in [1.29, 1.82) is 0 Å². The minimum Gasteiger partial charge on any atom is -0.180 e. The van der Waals surface area contributed by atoms with Crippen molar-refractivity contribution in [3.8, 4) is 0 Å². The summed E-state index contributed by atoms with van der Waals surface area (Å²) in [5.74, 6) is 0. The number of rotatable bonds is 1. The minimum absolute atomic E-state index is 0.370. The van der Waals surface area contributed by atoms with Crippen LogP contribution in [0.1, 0.15) is 17.2 Å². The Bertz CT molecular complexity index is 656. The summed E-state index contributed by atoms with van der Waals surface area (Å²) in [6.45, 7) is 0. The number of aromatic nitrogens is 3. The van der Waals surface area contributed by atoms with Gasteiger partial charge in [-0.2, -0.15) is 15.0 Å². The third-order valence-electron chi connectivity index (χ3n) is 3.66. The van der Waals surface area contributed by atoms with Gasteiger partial charge in [0, 0.05) is 0 Å². The molecule has 0 amide bonds. The topological polar surface area (TPSA) is 30.7 Å². The third-order valence-corrected chi connectivity index (χ3v) is 3.66. The van der Waals surface area contributed by atoms with E-state index in [9.17, 15) is 0 Å². The van der Waals surface area contributed by atoms with Crippen molar-refractivity contribution in [2.75, 3.05) is 0 Å². The third kappa shape index (κ3) is 1.44. The van der Waals surface area contributed by atoms with Crippen LogP contribution in [0.5, 0.6) is 0 Å². The number of nitrogens with zero attached hydrogens (tertiary/aromatic N) is 3. The molecule has 0 bridgehead atoms. The van der Waals surface area contributed by atoms with E-state index in [0.29, 0.717) is 6.04 Å². The van der Waals surface area contributed by atoms with Crippen molar-refractivity contribution in [2.45, 2.75) is 18.9 Å². The van der Waals surface area contributed by atoms with Crippen LogP contribution in [0, 0.1) is 0 Å². The summed E-state index contributed by atoms with van der Waals surface area (Å²) in [6.07, 6.45) is 2.08. The van der Waals surface area contributed by atoms with E-state index in [1.807, 2.05) is 29.1 Å². The molecule has 1 aliphatic carbocycles. The molecule has 0 spiro atoms. The fraction of sp³-hybridized carbons (Fsp3) is 0.200. The highest BCUT2D eigenvalue weighted by molar-refractivity contribution is 5.73. The highest BCUT2D eigenvalue weighted by Crippen LogP contribution is 2.29. The van der Waals surface area contributed by atoms with Gasteiger partial charge in [0.05, 0.1) is 6.04 Å². The Morgan fingerprint density at radius 3 is 1.83 bits per heavy atom. The SMILES string of the molecule is c1ccc2c(c1)CC(n1nc3ccccc3n1)C2. The van der Waals surface area contributed by atoms with Crippen LogP contribution in [0.4, 0.5) is 0 Å². The van der Waals surface area contributed by atoms with Crippen LogP contribution in [0.3, 0.4) is 0 Å². The molecule has 0 fully saturated rings. The Hall–Kier alpha value is -2.16. The smallest absolute Gasteiger partial charge is 0.113 e. The van der Waals surface area contributed by atoms with Crippen molar-refractivity contribution in [3.63, 3.8) is 0 Å². The minimum atomic E-state index is 0.370. The normalized spacial score (nSPS) is 15.1. The summed E-state index contributed by atoms with van der Waals surface area (Å²) >= 11 is 0. The predicted octanol–water partition coefficient (Wildman–Crippen LogP) is 2.77. The van der Waals surface area contributed by atoms with Crippen LogP contribution in [-0.4, -0.2) is 15.0 Å². The lowest BCUT2D eigenvalue weighted by Crippen LogP contribution is -2.12. The summed E-state index contributed by atoms with van der Waals surface area (Å²) in [5.41, 5.74) is 4.83. The average Bonchev–Trinajstić information content (AvgIpc) is 3.02. The second-order valence-corrected chi connectivity index (χ2v) is 4.84. The second-order valence-electron chi connectivity index (χ2n) is 4.84. The van der Waals surface area contributed by atoms with Gasteiger partial charge in [0.1, 0.15) is 11.0 Å². The highest BCUT2D eigenvalue weighted by Gasteiger charge is 2.24. The molecule has 3 aromatic rings. The molecule has 3 nitrogen and oxygen atoms in total. The van der Waals surface area contributed by atoms with E-state index < -0.39 is 0 Å². The zero-order valence-electron chi connectivity index (χ0n) is 9.95. The first-order valence-electron chi connectivity index (χ1n) is 6.28. The molecule has 1 heterocycles. The molecule has 88 valence electrons. The molecule has 0 saturated heterocycles. The summed E-state index contributed by atoms with van der Waals surface area (Å²) in [5, 5.41) is 9.17. The second kappa shape index (κ2) is 3.67. The van der Waals surface area contributed by atoms with E-state index in [4.69, 9.17) is 0 Å². The molecule has 0 aliphatic heterocycles. The van der Waals surface area contributed by atoms with Crippen LogP contribution < -0.4 is 0 Å². The van der Waals surface area contributed by atoms with E-state index in [1.54, 1.807) is 0 Å². The number of hydrogen-bond acceptors (Lipinski definition) is 2. The van der Waals surface area contributed by atoms with Gasteiger partial charge < -0.3 is 0 Å². The molecule has 0 unspecified atom stereocenters. The van der Waals surface area contributed by atoms with Crippen LogP contribution >= 0.6 is 0 Å². The summed E-state index contributed by atoms with van der Waals surface area (Å²) in [6, 6.07) is 17.0. The van der Waals surface area contributed by atoms with Gasteiger partial charge in [-0.05, 0) is 36.1 Å². The molecular formula is C15H13N3. The number of hydrogen-bond donors (Lipinski definition) is 0. The van der Waals surface area contributed by atoms with Crippen molar-refractivity contribution < 1.29 is 0 Å². The predicted molar refractivity (Wildman–Crippen MR) is 70.4 cm³/mol. The summed E-state index contributed by atoms with van der Waals surface area (Å²) < 4.78 is 0. The maximum Gasteiger partial charge on any atom is 0.113 e. The highest BCUT2D eigenvalue weighted by atomic mass is 15.5. The Kier molecular flexibility index (Phi) is 2.00. The van der Waals surface area contributed by atoms with Crippen LogP contribution in [0.2, 0.25) is 0 Å². The zero-order chi connectivity index (χ0) is 11.9. The van der Waals surface area contributed by atoms with Gasteiger partial charge in [0.2, 0.25) is 0 Å². The quantitative estimate of drug-likeness (QED) is 0.649. The fourth-order valence-electron chi connectivity index (χ4n) is 2.74. The van der Waals surface area contributed by atoms with Gasteiger partial charge in [0.25, 0.3) is 0 Å². The van der Waals surface area contributed by atoms with Gasteiger partial charge in [0.15, 0.2) is 0 Å². The van der Waals surface area contributed by atoms with Gasteiger partial charge in [-0.3, -0.25) is 0 Å². The van der Waals surface area contributed by atoms with Crippen molar-refractivity contribution in [2.24, 2.45) is 0 Å². The molecule has 1 aliphatic rings. The first kappa shape index (κ1) is 9.83. The van der Waals surface area contributed by atoms with Crippen LogP contribution in [0.15, 0.2) is 48.5 Å². The first-order chi connectivity index (χ1) is 8.90. The van der Waals surface area contributed by atoms with E-state index in [-0.39, 0.29) is 0 Å². The van der Waals surface area contributed by atoms with E-state index >= 15 is 0 Å². The monoisotopic (exact) mass is 235 g/mol. The largest absolute Gasteiger partial charge is 0.180 e. The van der Waals surface area contributed by atoms with Gasteiger partial charge >= 0.3 is 0 Å². The molecular weight excluding hydrogens is 222 g/mol. The van der Waals surface area contributed by atoms with Crippen molar-refractivity contribution in [1.82, 2.24) is 15.0 Å². The number of fused-ring (bicyclic) bond motifs is 2. The Morgan fingerprint density at radius 1 is 0.778 bits per heavy atom. The molecule has 2 aromatic carbocycles. The van der Waals surface area contributed by atoms with Crippen molar-refractivity contribution >= 4 is 11.0 Å². The molecule has 3 heteroatoms. The molecule has 4 rings (SSSR count). The fourth-order valence-corrected chi connectivity index (χ4v) is 2.74. The lowest BCUT2D eigenvalue weighted by atomic mass is 10.1. The summed E-state index contributed by atoms with van der Waals surface area (Å²) in [4.78, 5) is 1.89. The van der Waals surface area contributed by atoms with E-state index in [1.165, 1.54) is 11.1 Å². The van der Waals surface area contributed by atoms with Gasteiger partial charge in [-0.25, -0.2) is 0 Å². The lowest BCUT2D eigenvalue weighted by Gasteiger charge is -2.06. The standard InChI is InChI=1S/C15H13N3/c1-2-6-12-10-13(9-11(12)5-1)18-16-14-7-3-4-8-15(14)17-18/h1-8,13H,9-10H2. The van der Waals surface area contributed by atoms with E-state index in [0.717, 1.165) is 23.9 Å². The van der Waals surface area contributed by atoms with Gasteiger partial charge in [-0.15, -0.1) is 0 Å². The lowest BCUT2D eigenvalue weighted by molar-refractivity contribution is 0.425. The van der Waals surface area contributed by atoms with Crippen LogP contribution in [-0.2, 0) is 12.8 Å². The molecule has 0 atom stereocenters. The maximum absolute atomic E-state index is 4.58. The maximum atomic E-state index is 4.58. The van der Waals surface area contributed by atoms with Crippen molar-refractivity contribution in [3.05, 3.63) is 59.7 Å². The first-order valence-corrected chi connectivity index (χ1v) is 6.28. The molecule has 0 saturated carbocycles. The molecule has 1 aromatic heterocycles. The molecule has 18 heavy (non-hydrogen) atoms. The van der Waals surface area contributed by atoms with Crippen LogP contribution in [0.25, 0.3) is 11.0 Å². The Balaban J connectivity index is 1.73. The zero-order valence-corrected chi connectivity index (χ0v) is 9.95. The van der Waals surface area contributed by atoms with E-state index in [2.05, 4.69) is 34.5 Å².